The van der Waals surface area contributed by atoms with Crippen molar-refractivity contribution < 1.29 is 14.3 Å². The molecule has 0 aliphatic rings. The first kappa shape index (κ1) is 20.3. The number of carbonyl (C=O) groups is 1. The largest absolute Gasteiger partial charge is 0.461 e. The molecular weight excluding hydrogens is 367 g/mol. The fraction of sp³-hybridized carbons (Fsp3) is 0.208. The van der Waals surface area contributed by atoms with Crippen molar-refractivity contribution in [3.05, 3.63) is 91.0 Å². The van der Waals surface area contributed by atoms with Gasteiger partial charge in [-0.2, -0.15) is 0 Å². The number of hydrogen-bond acceptors (Lipinski definition) is 3. The van der Waals surface area contributed by atoms with Crippen LogP contribution in [0, 0.1) is 0 Å². The zero-order chi connectivity index (χ0) is 19.8. The maximum absolute atomic E-state index is 13.2. The van der Waals surface area contributed by atoms with E-state index in [0.29, 0.717) is 13.2 Å². The van der Waals surface area contributed by atoms with Gasteiger partial charge in [0.15, 0.2) is 7.26 Å². The van der Waals surface area contributed by atoms with Crippen LogP contribution >= 0.6 is 7.26 Å². The second-order valence-electron chi connectivity index (χ2n) is 6.29. The first-order chi connectivity index (χ1) is 13.7. The molecule has 0 saturated heterocycles. The summed E-state index contributed by atoms with van der Waals surface area (Å²) in [6.45, 7) is 4.50. The van der Waals surface area contributed by atoms with Crippen LogP contribution in [0.15, 0.2) is 91.0 Å². The van der Waals surface area contributed by atoms with E-state index in [2.05, 4.69) is 36.4 Å². The van der Waals surface area contributed by atoms with Gasteiger partial charge in [-0.05, 0) is 50.2 Å². The predicted molar refractivity (Wildman–Crippen MR) is 117 cm³/mol. The Morgan fingerprint density at radius 3 is 1.43 bits per heavy atom. The van der Waals surface area contributed by atoms with Gasteiger partial charge >= 0.3 is 5.97 Å². The molecule has 0 fully saturated rings. The summed E-state index contributed by atoms with van der Waals surface area (Å²) in [5, 5.41) is 3.29. The van der Waals surface area contributed by atoms with Crippen LogP contribution in [-0.4, -0.2) is 25.0 Å². The summed E-state index contributed by atoms with van der Waals surface area (Å²) in [6.07, 6.45) is 0. The van der Waals surface area contributed by atoms with Crippen molar-refractivity contribution in [1.82, 2.24) is 0 Å². The standard InChI is InChI=1S/C24H26O3P/c1-3-26-23(25)24(27-4-2)28(20-14-8-5-9-15-20,21-16-10-6-11-17-21)22-18-12-7-13-19-22/h5-19,24H,3-4H2,1-2H3/q+1/t24-/m1/s1. The van der Waals surface area contributed by atoms with Crippen LogP contribution in [0.5, 0.6) is 0 Å². The van der Waals surface area contributed by atoms with Crippen molar-refractivity contribution in [2.24, 2.45) is 0 Å². The predicted octanol–water partition coefficient (Wildman–Crippen LogP) is 3.91. The Morgan fingerprint density at radius 2 is 1.11 bits per heavy atom. The topological polar surface area (TPSA) is 35.5 Å². The number of hydrogen-bond donors (Lipinski definition) is 0. The van der Waals surface area contributed by atoms with Gasteiger partial charge in [-0.15, -0.1) is 0 Å². The van der Waals surface area contributed by atoms with Crippen LogP contribution in [0.3, 0.4) is 0 Å². The first-order valence-electron chi connectivity index (χ1n) is 9.59. The van der Waals surface area contributed by atoms with Crippen molar-refractivity contribution in [3.8, 4) is 0 Å². The lowest BCUT2D eigenvalue weighted by Crippen LogP contribution is -2.44. The van der Waals surface area contributed by atoms with Gasteiger partial charge in [0.25, 0.3) is 5.85 Å². The molecule has 0 bridgehead atoms. The lowest BCUT2D eigenvalue weighted by atomic mass is 10.4. The van der Waals surface area contributed by atoms with E-state index in [1.54, 1.807) is 0 Å². The minimum Gasteiger partial charge on any atom is -0.461 e. The Balaban J connectivity index is 2.37. The van der Waals surface area contributed by atoms with Crippen LogP contribution < -0.4 is 15.9 Å². The van der Waals surface area contributed by atoms with Crippen molar-refractivity contribution >= 4 is 29.1 Å². The third-order valence-corrected chi connectivity index (χ3v) is 9.06. The van der Waals surface area contributed by atoms with Gasteiger partial charge in [-0.25, -0.2) is 4.79 Å². The molecule has 3 aromatic rings. The number of rotatable bonds is 8. The third-order valence-electron chi connectivity index (χ3n) is 4.65. The molecule has 1 atom stereocenters. The maximum atomic E-state index is 13.2. The maximum Gasteiger partial charge on any atom is 0.376 e. The molecule has 3 aromatic carbocycles. The first-order valence-corrected chi connectivity index (χ1v) is 11.4. The number of benzene rings is 3. The van der Waals surface area contributed by atoms with E-state index in [0.717, 1.165) is 15.9 Å². The molecule has 28 heavy (non-hydrogen) atoms. The Hall–Kier alpha value is -2.48. The van der Waals surface area contributed by atoms with Crippen LogP contribution in [-0.2, 0) is 14.3 Å². The van der Waals surface area contributed by atoms with Crippen LogP contribution in [0.25, 0.3) is 0 Å². The van der Waals surface area contributed by atoms with Crippen LogP contribution in [0.1, 0.15) is 13.8 Å². The molecule has 0 saturated carbocycles. The lowest BCUT2D eigenvalue weighted by Gasteiger charge is -2.32. The fourth-order valence-corrected chi connectivity index (χ4v) is 7.95. The number of carbonyl (C=O) groups excluding carboxylic acids is 1. The average Bonchev–Trinajstić information content (AvgIpc) is 2.76. The zero-order valence-electron chi connectivity index (χ0n) is 16.3. The molecule has 0 aliphatic carbocycles. The van der Waals surface area contributed by atoms with Crippen LogP contribution in [0.2, 0.25) is 0 Å². The minimum atomic E-state index is -2.46. The van der Waals surface area contributed by atoms with Gasteiger partial charge in [0.05, 0.1) is 6.61 Å². The molecule has 144 valence electrons. The van der Waals surface area contributed by atoms with Crippen molar-refractivity contribution in [3.63, 3.8) is 0 Å². The van der Waals surface area contributed by atoms with Crippen molar-refractivity contribution in [2.75, 3.05) is 13.2 Å². The molecule has 3 rings (SSSR count). The zero-order valence-corrected chi connectivity index (χ0v) is 17.2. The molecule has 0 spiro atoms. The van der Waals surface area contributed by atoms with E-state index in [1.807, 2.05) is 68.4 Å². The molecule has 0 aromatic heterocycles. The summed E-state index contributed by atoms with van der Waals surface area (Å²) >= 11 is 0. The van der Waals surface area contributed by atoms with Crippen molar-refractivity contribution in [2.45, 2.75) is 19.7 Å². The van der Waals surface area contributed by atoms with E-state index in [1.165, 1.54) is 0 Å². The lowest BCUT2D eigenvalue weighted by molar-refractivity contribution is -0.150. The van der Waals surface area contributed by atoms with E-state index in [-0.39, 0.29) is 5.97 Å². The normalized spacial score (nSPS) is 12.4. The highest BCUT2D eigenvalue weighted by molar-refractivity contribution is 7.96. The van der Waals surface area contributed by atoms with E-state index >= 15 is 0 Å². The SMILES string of the molecule is CCOC(=O)[C@H](OCC)[P+](c1ccccc1)(c1ccccc1)c1ccccc1. The average molecular weight is 393 g/mol. The molecule has 0 aliphatic heterocycles. The summed E-state index contributed by atoms with van der Waals surface area (Å²) in [4.78, 5) is 13.2. The van der Waals surface area contributed by atoms with Gasteiger partial charge in [0, 0.05) is 6.61 Å². The number of ether oxygens (including phenoxy) is 2. The molecule has 0 unspecified atom stereocenters. The summed E-state index contributed by atoms with van der Waals surface area (Å²) in [6, 6.07) is 30.7. The quantitative estimate of drug-likeness (QED) is 0.430. The van der Waals surface area contributed by atoms with E-state index in [4.69, 9.17) is 9.47 Å². The van der Waals surface area contributed by atoms with Gasteiger partial charge in [-0.1, -0.05) is 54.6 Å². The molecule has 0 radical (unpaired) electrons. The third kappa shape index (κ3) is 3.87. The van der Waals surface area contributed by atoms with Crippen LogP contribution in [0.4, 0.5) is 0 Å². The Morgan fingerprint density at radius 1 is 0.714 bits per heavy atom. The highest BCUT2D eigenvalue weighted by Crippen LogP contribution is 2.60. The Bertz CT molecular complexity index is 769. The molecule has 0 amide bonds. The van der Waals surface area contributed by atoms with Gasteiger partial charge in [-0.3, -0.25) is 0 Å². The van der Waals surface area contributed by atoms with E-state index in [9.17, 15) is 4.79 Å². The summed E-state index contributed by atoms with van der Waals surface area (Å²) in [7, 11) is -2.46. The highest BCUT2D eigenvalue weighted by Gasteiger charge is 2.57. The second kappa shape index (κ2) is 9.64. The Kier molecular flexibility index (Phi) is 6.97. The van der Waals surface area contributed by atoms with Crippen molar-refractivity contribution in [1.29, 1.82) is 0 Å². The second-order valence-corrected chi connectivity index (χ2v) is 9.75. The van der Waals surface area contributed by atoms with Gasteiger partial charge < -0.3 is 9.47 Å². The summed E-state index contributed by atoms with van der Waals surface area (Å²) in [5.41, 5.74) is 0. The molecule has 0 N–H and O–H groups in total. The molecule has 0 heterocycles. The molecule has 3 nitrogen and oxygen atoms in total. The minimum absolute atomic E-state index is 0.311. The van der Waals surface area contributed by atoms with Gasteiger partial charge in [0.2, 0.25) is 0 Å². The fourth-order valence-electron chi connectivity index (χ4n) is 3.55. The number of esters is 1. The highest BCUT2D eigenvalue weighted by atomic mass is 31.2. The summed E-state index contributed by atoms with van der Waals surface area (Å²) < 4.78 is 11.7. The Labute approximate surface area is 167 Å². The van der Waals surface area contributed by atoms with Gasteiger partial charge in [0.1, 0.15) is 15.9 Å². The molecule has 4 heteroatoms. The molecular formula is C24H26O3P+. The summed E-state index contributed by atoms with van der Waals surface area (Å²) in [5.74, 6) is -1.01. The monoisotopic (exact) mass is 393 g/mol. The smallest absolute Gasteiger partial charge is 0.376 e. The van der Waals surface area contributed by atoms with E-state index < -0.39 is 13.1 Å².